The maximum atomic E-state index is 13.4. The molecule has 0 bridgehead atoms. The summed E-state index contributed by atoms with van der Waals surface area (Å²) in [5.74, 6) is 0.869. The van der Waals surface area contributed by atoms with Crippen molar-refractivity contribution >= 4 is 17.2 Å². The van der Waals surface area contributed by atoms with E-state index in [9.17, 15) is 9.90 Å². The molecule has 0 radical (unpaired) electrons. The van der Waals surface area contributed by atoms with Crippen molar-refractivity contribution in [2.24, 2.45) is 0 Å². The van der Waals surface area contributed by atoms with Gasteiger partial charge in [0.05, 0.1) is 31.9 Å². The molecule has 1 amide bonds. The molecule has 1 aromatic heterocycles. The van der Waals surface area contributed by atoms with Crippen LogP contribution in [0.5, 0.6) is 5.75 Å². The second-order valence-electron chi connectivity index (χ2n) is 7.99. The van der Waals surface area contributed by atoms with Crippen LogP contribution < -0.4 is 4.74 Å². The summed E-state index contributed by atoms with van der Waals surface area (Å²) in [5.41, 5.74) is 1.19. The van der Waals surface area contributed by atoms with E-state index in [2.05, 4.69) is 24.9 Å². The predicted molar refractivity (Wildman–Crippen MR) is 128 cm³/mol. The van der Waals surface area contributed by atoms with Gasteiger partial charge in [-0.2, -0.15) is 0 Å². The molecule has 2 atom stereocenters. The van der Waals surface area contributed by atoms with Crippen molar-refractivity contribution in [2.75, 3.05) is 46.0 Å². The van der Waals surface area contributed by atoms with Gasteiger partial charge in [-0.25, -0.2) is 0 Å². The lowest BCUT2D eigenvalue weighted by molar-refractivity contribution is -0.136. The summed E-state index contributed by atoms with van der Waals surface area (Å²) < 4.78 is 11.4. The fourth-order valence-corrected chi connectivity index (χ4v) is 4.97. The van der Waals surface area contributed by atoms with Crippen LogP contribution in [0.3, 0.4) is 0 Å². The van der Waals surface area contributed by atoms with Crippen molar-refractivity contribution in [3.05, 3.63) is 64.9 Å². The van der Waals surface area contributed by atoms with Crippen molar-refractivity contribution < 1.29 is 19.4 Å². The first-order valence-electron chi connectivity index (χ1n) is 11.2. The molecule has 0 aliphatic carbocycles. The summed E-state index contributed by atoms with van der Waals surface area (Å²) in [6, 6.07) is 11.7. The molecule has 2 heterocycles. The minimum Gasteiger partial charge on any atom is -0.491 e. The third kappa shape index (κ3) is 6.90. The molecule has 7 heteroatoms. The third-order valence-corrected chi connectivity index (χ3v) is 6.48. The summed E-state index contributed by atoms with van der Waals surface area (Å²) in [6.07, 6.45) is 2.79. The number of rotatable bonds is 13. The van der Waals surface area contributed by atoms with Gasteiger partial charge in [0.15, 0.2) is 0 Å². The number of carbonyl (C=O) groups excluding carboxylic acids is 1. The molecule has 2 aromatic rings. The van der Waals surface area contributed by atoms with Crippen LogP contribution in [0.2, 0.25) is 0 Å². The van der Waals surface area contributed by atoms with Crippen LogP contribution in [-0.2, 0) is 16.0 Å². The molecular formula is C25H34N2O4S. The van der Waals surface area contributed by atoms with Gasteiger partial charge < -0.3 is 19.5 Å². The highest BCUT2D eigenvalue weighted by atomic mass is 32.1. The number of hydrogen-bond acceptors (Lipinski definition) is 6. The van der Waals surface area contributed by atoms with Gasteiger partial charge in [-0.1, -0.05) is 31.2 Å². The number of benzene rings is 1. The molecule has 0 unspecified atom stereocenters. The van der Waals surface area contributed by atoms with Crippen LogP contribution in [0.15, 0.2) is 54.4 Å². The molecule has 3 rings (SSSR count). The standard InChI is InChI=1S/C25H34N2O4S/c1-3-12-26(16-20(28)18-30-14-4-2)17-25(29)27-13-10-24-22(11-15-32-24)23(27)19-31-21-8-6-5-7-9-21/h4-9,11,15,20,23,28H,2-3,10,12-14,16-19H2,1H3/t20-,23+/m0/s1. The third-order valence-electron chi connectivity index (χ3n) is 5.48. The van der Waals surface area contributed by atoms with Crippen LogP contribution in [0.1, 0.15) is 29.8 Å². The number of aliphatic hydroxyl groups is 1. The Morgan fingerprint density at radius 1 is 1.38 bits per heavy atom. The Balaban J connectivity index is 1.65. The zero-order valence-electron chi connectivity index (χ0n) is 18.8. The van der Waals surface area contributed by atoms with Crippen LogP contribution in [0.25, 0.3) is 0 Å². The number of thiophene rings is 1. The second-order valence-corrected chi connectivity index (χ2v) is 8.99. The smallest absolute Gasteiger partial charge is 0.237 e. The fourth-order valence-electron chi connectivity index (χ4n) is 4.04. The van der Waals surface area contributed by atoms with E-state index in [1.165, 1.54) is 10.4 Å². The summed E-state index contributed by atoms with van der Waals surface area (Å²) in [5, 5.41) is 12.4. The van der Waals surface area contributed by atoms with Crippen molar-refractivity contribution in [3.63, 3.8) is 0 Å². The summed E-state index contributed by atoms with van der Waals surface area (Å²) in [4.78, 5) is 18.7. The van der Waals surface area contributed by atoms with Crippen molar-refractivity contribution in [1.82, 2.24) is 9.80 Å². The van der Waals surface area contributed by atoms with Crippen molar-refractivity contribution in [2.45, 2.75) is 31.9 Å². The molecule has 0 saturated carbocycles. The molecule has 1 aliphatic heterocycles. The number of para-hydroxylation sites is 1. The number of carbonyl (C=O) groups is 1. The minimum absolute atomic E-state index is 0.0659. The van der Waals surface area contributed by atoms with E-state index < -0.39 is 6.10 Å². The number of ether oxygens (including phenoxy) is 2. The van der Waals surface area contributed by atoms with E-state index >= 15 is 0 Å². The van der Waals surface area contributed by atoms with Gasteiger partial charge in [-0.05, 0) is 48.5 Å². The lowest BCUT2D eigenvalue weighted by Gasteiger charge is -2.37. The zero-order valence-corrected chi connectivity index (χ0v) is 19.6. The molecule has 0 spiro atoms. The Kier molecular flexibility index (Phi) is 9.74. The highest BCUT2D eigenvalue weighted by Crippen LogP contribution is 2.34. The first kappa shape index (κ1) is 24.5. The van der Waals surface area contributed by atoms with E-state index in [-0.39, 0.29) is 25.1 Å². The van der Waals surface area contributed by atoms with Gasteiger partial charge in [-0.15, -0.1) is 17.9 Å². The normalized spacial score (nSPS) is 16.6. The topological polar surface area (TPSA) is 62.2 Å². The Bertz CT molecular complexity index is 841. The van der Waals surface area contributed by atoms with Crippen molar-refractivity contribution in [3.8, 4) is 5.75 Å². The molecule has 6 nitrogen and oxygen atoms in total. The number of aliphatic hydroxyl groups excluding tert-OH is 1. The van der Waals surface area contributed by atoms with Crippen LogP contribution in [-0.4, -0.2) is 72.9 Å². The van der Waals surface area contributed by atoms with E-state index in [1.807, 2.05) is 40.1 Å². The number of amides is 1. The first-order chi connectivity index (χ1) is 15.6. The largest absolute Gasteiger partial charge is 0.491 e. The summed E-state index contributed by atoms with van der Waals surface area (Å²) in [7, 11) is 0. The van der Waals surface area contributed by atoms with E-state index in [0.717, 1.165) is 25.1 Å². The van der Waals surface area contributed by atoms with Crippen LogP contribution in [0, 0.1) is 0 Å². The number of fused-ring (bicyclic) bond motifs is 1. The molecule has 1 N–H and O–H groups in total. The average molecular weight is 459 g/mol. The quantitative estimate of drug-likeness (QED) is 0.368. The Morgan fingerprint density at radius 2 is 2.19 bits per heavy atom. The second kappa shape index (κ2) is 12.7. The summed E-state index contributed by atoms with van der Waals surface area (Å²) >= 11 is 1.75. The molecule has 0 fully saturated rings. The molecule has 0 saturated heterocycles. The van der Waals surface area contributed by atoms with Gasteiger partial charge in [0.1, 0.15) is 12.4 Å². The molecule has 1 aliphatic rings. The Morgan fingerprint density at radius 3 is 2.94 bits per heavy atom. The van der Waals surface area contributed by atoms with E-state index in [0.29, 0.717) is 26.3 Å². The lowest BCUT2D eigenvalue weighted by atomic mass is 10.0. The highest BCUT2D eigenvalue weighted by molar-refractivity contribution is 7.10. The van der Waals surface area contributed by atoms with Gasteiger partial charge in [0.2, 0.25) is 5.91 Å². The number of hydrogen-bond donors (Lipinski definition) is 1. The maximum absolute atomic E-state index is 13.4. The summed E-state index contributed by atoms with van der Waals surface area (Å²) in [6.45, 7) is 8.85. The van der Waals surface area contributed by atoms with Gasteiger partial charge in [-0.3, -0.25) is 9.69 Å². The van der Waals surface area contributed by atoms with Crippen LogP contribution in [0.4, 0.5) is 0 Å². The van der Waals surface area contributed by atoms with E-state index in [1.54, 1.807) is 17.4 Å². The Labute approximate surface area is 195 Å². The predicted octanol–water partition coefficient (Wildman–Crippen LogP) is 3.53. The van der Waals surface area contributed by atoms with Gasteiger partial charge in [0.25, 0.3) is 0 Å². The van der Waals surface area contributed by atoms with Crippen LogP contribution >= 0.6 is 11.3 Å². The minimum atomic E-state index is -0.642. The van der Waals surface area contributed by atoms with Gasteiger partial charge in [0, 0.05) is 18.0 Å². The molecular weight excluding hydrogens is 424 g/mol. The molecule has 32 heavy (non-hydrogen) atoms. The molecule has 1 aromatic carbocycles. The first-order valence-corrected chi connectivity index (χ1v) is 12.1. The van der Waals surface area contributed by atoms with Gasteiger partial charge >= 0.3 is 0 Å². The Hall–Kier alpha value is -2.19. The number of nitrogens with zero attached hydrogens (tertiary/aromatic N) is 2. The monoisotopic (exact) mass is 458 g/mol. The van der Waals surface area contributed by atoms with E-state index in [4.69, 9.17) is 9.47 Å². The van der Waals surface area contributed by atoms with Crippen molar-refractivity contribution in [1.29, 1.82) is 0 Å². The highest BCUT2D eigenvalue weighted by Gasteiger charge is 2.33. The lowest BCUT2D eigenvalue weighted by Crippen LogP contribution is -2.48. The zero-order chi connectivity index (χ0) is 22.8. The maximum Gasteiger partial charge on any atom is 0.237 e. The SMILES string of the molecule is C=CCOC[C@@H](O)CN(CCC)CC(=O)N1CCc2sccc2[C@H]1COc1ccccc1. The fraction of sp³-hybridized carbons (Fsp3) is 0.480. The molecule has 174 valence electrons. The average Bonchev–Trinajstić information content (AvgIpc) is 3.27.